The van der Waals surface area contributed by atoms with Crippen molar-refractivity contribution in [2.24, 2.45) is 11.8 Å². The number of carbonyl (C=O) groups is 4. The number of hydrogen-bond acceptors (Lipinski definition) is 17. The largest absolute Gasteiger partial charge is 0.514 e. The second-order valence-electron chi connectivity index (χ2n) is 32.7. The van der Waals surface area contributed by atoms with Gasteiger partial charge in [-0.3, -0.25) is 24.6 Å². The molecule has 0 bridgehead atoms. The van der Waals surface area contributed by atoms with Gasteiger partial charge in [0, 0.05) is 64.2 Å². The van der Waals surface area contributed by atoms with Crippen molar-refractivity contribution in [1.29, 1.82) is 0 Å². The fraction of sp³-hybridized carbons (Fsp3) is 0.896. The highest BCUT2D eigenvalue weighted by Crippen LogP contribution is 2.25. The Kier molecular flexibility index (Phi) is 85.2. The Bertz CT molecular complexity index is 2220. The maximum atomic E-state index is 12.7. The van der Waals surface area contributed by atoms with Crippen LogP contribution >= 0.6 is 0 Å². The summed E-state index contributed by atoms with van der Waals surface area (Å²) in [5.74, 6) is 1.19. The average molecular weight is 1620 g/mol. The Morgan fingerprint density at radius 2 is 0.614 bits per heavy atom. The lowest BCUT2D eigenvalue weighted by atomic mass is 9.96. The van der Waals surface area contributed by atoms with E-state index in [-0.39, 0.29) is 42.2 Å². The van der Waals surface area contributed by atoms with E-state index in [0.717, 1.165) is 207 Å². The van der Waals surface area contributed by atoms with E-state index in [1.54, 1.807) is 0 Å². The molecule has 4 unspecified atom stereocenters. The van der Waals surface area contributed by atoms with Gasteiger partial charge in [0.2, 0.25) is 0 Å². The van der Waals surface area contributed by atoms with Gasteiger partial charge in [0.05, 0.1) is 24.7 Å². The van der Waals surface area contributed by atoms with E-state index in [0.29, 0.717) is 44.5 Å². The zero-order valence-corrected chi connectivity index (χ0v) is 76.7. The Labute approximate surface area is 702 Å². The normalized spacial score (nSPS) is 12.5. The van der Waals surface area contributed by atoms with Gasteiger partial charge in [0.1, 0.15) is 24.6 Å². The first kappa shape index (κ1) is 112. The average Bonchev–Trinajstić information content (AvgIpc) is 0.884. The van der Waals surface area contributed by atoms with E-state index in [4.69, 9.17) is 33.5 Å². The molecule has 4 atom stereocenters. The highest BCUT2D eigenvalue weighted by molar-refractivity contribution is 5.69. The van der Waals surface area contributed by atoms with Crippen LogP contribution in [0.15, 0.2) is 24.3 Å². The topological polar surface area (TPSA) is 200 Å². The van der Waals surface area contributed by atoms with Crippen LogP contribution in [-0.4, -0.2) is 171 Å². The first-order valence-electron chi connectivity index (χ1n) is 48.4. The Hall–Kier alpha value is -4.10. The SMILES string of the molecule is CCCCCCCCCCCCC(CCCCCCCCC(=O)OCC(CCCC)CCCCCC)OC(=O)OCCN(CC)CCN(CC)CC.CCCCCCCCCCCCC(CCCCCCCCC(=O)OCC(CCCC)CCCCCC)OC(=O)Oc1ccc([N+](=O)[O-])cc1.CCN(CC)CCN(CC)CCO. The molecule has 0 radical (unpaired) electrons. The van der Waals surface area contributed by atoms with Crippen molar-refractivity contribution in [1.82, 2.24) is 19.6 Å². The maximum absolute atomic E-state index is 12.7. The number of carbonyl (C=O) groups excluding carboxylic acids is 4. The third kappa shape index (κ3) is 74.2. The number of ether oxygens (including phenoxy) is 6. The number of nitro groups is 1. The molecule has 0 heterocycles. The zero-order chi connectivity index (χ0) is 84.2. The molecule has 1 rings (SSSR count). The minimum atomic E-state index is -0.758. The summed E-state index contributed by atoms with van der Waals surface area (Å²) in [6, 6.07) is 5.45. The van der Waals surface area contributed by atoms with Crippen LogP contribution in [0.1, 0.15) is 430 Å². The summed E-state index contributed by atoms with van der Waals surface area (Å²) in [6.07, 6.45) is 60.7. The van der Waals surface area contributed by atoms with Gasteiger partial charge in [-0.1, -0.05) is 327 Å². The third-order valence-corrected chi connectivity index (χ3v) is 22.9. The Morgan fingerprint density at radius 1 is 0.333 bits per heavy atom. The number of likely N-dealkylation sites (N-methyl/N-ethyl adjacent to an activating group) is 4. The second kappa shape index (κ2) is 86.7. The minimum absolute atomic E-state index is 0.0176. The van der Waals surface area contributed by atoms with Crippen molar-refractivity contribution in [3.8, 4) is 5.75 Å². The van der Waals surface area contributed by atoms with Crippen LogP contribution < -0.4 is 4.74 Å². The van der Waals surface area contributed by atoms with Gasteiger partial charge in [0.25, 0.3) is 5.69 Å². The van der Waals surface area contributed by atoms with Crippen molar-refractivity contribution in [3.05, 3.63) is 34.4 Å². The van der Waals surface area contributed by atoms with E-state index in [1.165, 1.54) is 230 Å². The first-order valence-corrected chi connectivity index (χ1v) is 48.4. The predicted molar refractivity (Wildman–Crippen MR) is 479 cm³/mol. The maximum Gasteiger partial charge on any atom is 0.514 e. The molecule has 0 aromatic heterocycles. The highest BCUT2D eigenvalue weighted by Gasteiger charge is 2.21. The summed E-state index contributed by atoms with van der Waals surface area (Å²) in [5.41, 5.74) is -0.0565. The van der Waals surface area contributed by atoms with Crippen LogP contribution in [-0.2, 0) is 33.3 Å². The Morgan fingerprint density at radius 3 is 0.939 bits per heavy atom. The molecule has 0 aliphatic heterocycles. The van der Waals surface area contributed by atoms with Gasteiger partial charge in [-0.15, -0.1) is 0 Å². The van der Waals surface area contributed by atoms with Gasteiger partial charge in [-0.2, -0.15) is 0 Å². The van der Waals surface area contributed by atoms with Gasteiger partial charge >= 0.3 is 24.2 Å². The van der Waals surface area contributed by atoms with Crippen molar-refractivity contribution in [3.63, 3.8) is 0 Å². The summed E-state index contributed by atoms with van der Waals surface area (Å²) in [5, 5.41) is 19.7. The number of non-ortho nitro benzene ring substituents is 1. The molecule has 1 aromatic rings. The molecule has 0 amide bonds. The van der Waals surface area contributed by atoms with Crippen molar-refractivity contribution < 1.29 is 57.6 Å². The lowest BCUT2D eigenvalue weighted by Gasteiger charge is -2.25. The minimum Gasteiger partial charge on any atom is -0.465 e. The van der Waals surface area contributed by atoms with Crippen molar-refractivity contribution in [2.45, 2.75) is 442 Å². The molecule has 18 nitrogen and oxygen atoms in total. The van der Waals surface area contributed by atoms with Gasteiger partial charge in [-0.05, 0) is 153 Å². The van der Waals surface area contributed by atoms with E-state index in [2.05, 4.69) is 103 Å². The monoisotopic (exact) mass is 1620 g/mol. The van der Waals surface area contributed by atoms with Crippen LogP contribution in [0.2, 0.25) is 0 Å². The molecule has 1 N–H and O–H groups in total. The Balaban J connectivity index is 0. The fourth-order valence-corrected chi connectivity index (χ4v) is 14.8. The predicted octanol–water partition coefficient (Wildman–Crippen LogP) is 26.8. The van der Waals surface area contributed by atoms with E-state index in [1.807, 2.05) is 0 Å². The lowest BCUT2D eigenvalue weighted by Crippen LogP contribution is -2.37. The molecule has 18 heteroatoms. The van der Waals surface area contributed by atoms with Crippen molar-refractivity contribution in [2.75, 3.05) is 105 Å². The molecule has 672 valence electrons. The number of esters is 2. The summed E-state index contributed by atoms with van der Waals surface area (Å²) < 4.78 is 33.9. The number of nitro benzene ring substituents is 1. The number of benzene rings is 1. The fourth-order valence-electron chi connectivity index (χ4n) is 14.8. The van der Waals surface area contributed by atoms with E-state index in [9.17, 15) is 29.3 Å². The number of rotatable bonds is 81. The second-order valence-corrected chi connectivity index (χ2v) is 32.7. The van der Waals surface area contributed by atoms with E-state index >= 15 is 0 Å². The summed E-state index contributed by atoms with van der Waals surface area (Å²) in [7, 11) is 0. The molecule has 0 saturated carbocycles. The van der Waals surface area contributed by atoms with Gasteiger partial charge < -0.3 is 48.2 Å². The molecule has 0 spiro atoms. The highest BCUT2D eigenvalue weighted by atomic mass is 16.7. The lowest BCUT2D eigenvalue weighted by molar-refractivity contribution is -0.384. The number of unbranched alkanes of at least 4 members (excludes halogenated alkanes) is 36. The van der Waals surface area contributed by atoms with Crippen LogP contribution in [0.5, 0.6) is 5.75 Å². The molecule has 1 aromatic carbocycles. The third-order valence-electron chi connectivity index (χ3n) is 22.9. The molecular formula is C96H185N5O13. The molecule has 0 aliphatic carbocycles. The number of aliphatic hydroxyl groups excluding tert-OH is 1. The number of aliphatic hydroxyl groups is 1. The molecule has 114 heavy (non-hydrogen) atoms. The van der Waals surface area contributed by atoms with Gasteiger partial charge in [-0.25, -0.2) is 9.59 Å². The summed E-state index contributed by atoms with van der Waals surface area (Å²) >= 11 is 0. The first-order chi connectivity index (χ1) is 55.6. The number of nitrogens with zero attached hydrogens (tertiary/aromatic N) is 5. The summed E-state index contributed by atoms with van der Waals surface area (Å²) in [6.45, 7) is 40.5. The molecule has 0 saturated heterocycles. The smallest absolute Gasteiger partial charge is 0.465 e. The van der Waals surface area contributed by atoms with E-state index < -0.39 is 17.2 Å². The van der Waals surface area contributed by atoms with Gasteiger partial charge in [0.15, 0.2) is 0 Å². The van der Waals surface area contributed by atoms with Crippen LogP contribution in [0.25, 0.3) is 0 Å². The molecule has 0 aliphatic rings. The number of hydrogen-bond donors (Lipinski definition) is 1. The molecule has 0 fully saturated rings. The van der Waals surface area contributed by atoms with Crippen LogP contribution in [0, 0.1) is 22.0 Å². The zero-order valence-electron chi connectivity index (χ0n) is 76.7. The van der Waals surface area contributed by atoms with Crippen molar-refractivity contribution >= 4 is 29.9 Å². The van der Waals surface area contributed by atoms with Crippen LogP contribution in [0.4, 0.5) is 15.3 Å². The summed E-state index contributed by atoms with van der Waals surface area (Å²) in [4.78, 5) is 69.9. The van der Waals surface area contributed by atoms with Crippen LogP contribution in [0.3, 0.4) is 0 Å². The quantitative estimate of drug-likeness (QED) is 0.0161. The molecular weight excluding hydrogens is 1430 g/mol. The standard InChI is InChI=1S/C45H90N2O5.C41H71NO7.C10H24N2O/c1-7-13-16-18-19-20-21-22-25-29-34-43(52-45(49)50-40-39-47(12-6)38-37-46(10-4)11-5)35-30-26-23-24-27-31-36-44(48)51-41-42(32-15-9-3)33-28-17-14-8-2;1-4-7-10-12-13-14-15-16-19-23-28-38(48-41(44)49-39-33-31-37(32-34-39)42(45)46)29-24-20-17-18-21-25-30-40(43)47-35-36(26-9-6-3)27-22-11-8-5-2;1-4-11(5-2)7-8-12(6-3)9-10-13/h42-43H,7-41H2,1-6H3;31-34,36,38H,4-30,35H2,1-3H3;13H,4-10H2,1-3H3.